The van der Waals surface area contributed by atoms with Crippen molar-refractivity contribution in [3.8, 4) is 0 Å². The number of piperidine rings is 1. The molecule has 5 nitrogen and oxygen atoms in total. The summed E-state index contributed by atoms with van der Waals surface area (Å²) < 4.78 is 11.4. The fraction of sp³-hybridized carbons (Fsp3) is 0.929. The first-order chi connectivity index (χ1) is 8.84. The summed E-state index contributed by atoms with van der Waals surface area (Å²) in [7, 11) is 0. The van der Waals surface area contributed by atoms with Crippen LogP contribution < -0.4 is 5.73 Å². The molecule has 0 aromatic rings. The van der Waals surface area contributed by atoms with Crippen molar-refractivity contribution in [3.05, 3.63) is 0 Å². The number of nitrogens with two attached hydrogens (primary N) is 1. The molecule has 1 atom stereocenters. The molecule has 1 unspecified atom stereocenters. The molecule has 1 spiro atoms. The molecule has 19 heavy (non-hydrogen) atoms. The molecule has 0 bridgehead atoms. The van der Waals surface area contributed by atoms with Crippen LogP contribution in [0.2, 0.25) is 0 Å². The predicted octanol–water partition coefficient (Wildman–Crippen LogP) is 1.75. The molecule has 2 N–H and O–H groups in total. The average molecular weight is 270 g/mol. The molecule has 0 saturated carbocycles. The lowest BCUT2D eigenvalue weighted by molar-refractivity contribution is -0.0486. The summed E-state index contributed by atoms with van der Waals surface area (Å²) in [5.74, 6) is 0.480. The van der Waals surface area contributed by atoms with Gasteiger partial charge in [-0.1, -0.05) is 0 Å². The molecule has 110 valence electrons. The Balaban J connectivity index is 1.84. The molecule has 5 heteroatoms. The normalized spacial score (nSPS) is 26.7. The Morgan fingerprint density at radius 3 is 2.53 bits per heavy atom. The summed E-state index contributed by atoms with van der Waals surface area (Å²) in [5.41, 5.74) is 5.24. The zero-order valence-electron chi connectivity index (χ0n) is 12.3. The van der Waals surface area contributed by atoms with E-state index < -0.39 is 5.60 Å². The molecule has 0 aliphatic carbocycles. The van der Waals surface area contributed by atoms with E-state index in [1.165, 1.54) is 0 Å². The molecule has 2 saturated heterocycles. The van der Waals surface area contributed by atoms with Gasteiger partial charge < -0.3 is 20.1 Å². The maximum absolute atomic E-state index is 12.0. The van der Waals surface area contributed by atoms with Gasteiger partial charge in [0.1, 0.15) is 5.60 Å². The van der Waals surface area contributed by atoms with Gasteiger partial charge in [-0.15, -0.1) is 0 Å². The van der Waals surface area contributed by atoms with Gasteiger partial charge in [0.2, 0.25) is 0 Å². The Hall–Kier alpha value is -0.810. The summed E-state index contributed by atoms with van der Waals surface area (Å²) in [6.07, 6.45) is 2.60. The van der Waals surface area contributed by atoms with Gasteiger partial charge in [-0.2, -0.15) is 0 Å². The van der Waals surface area contributed by atoms with E-state index in [4.69, 9.17) is 15.2 Å². The molecule has 1 amide bonds. The minimum absolute atomic E-state index is 0.0391. The first-order valence-corrected chi connectivity index (χ1v) is 7.15. The standard InChI is InChI=1S/C14H26N2O3/c1-13(2,3)19-12(17)16-6-4-14(5-7-16)8-11(9-15)10-18-14/h11H,4-10,15H2,1-3H3. The van der Waals surface area contributed by atoms with Crippen LogP contribution in [0.4, 0.5) is 4.79 Å². The summed E-state index contributed by atoms with van der Waals surface area (Å²) in [6, 6.07) is 0. The van der Waals surface area contributed by atoms with Crippen LogP contribution >= 0.6 is 0 Å². The fourth-order valence-electron chi connectivity index (χ4n) is 2.86. The molecule has 2 rings (SSSR count). The van der Waals surface area contributed by atoms with Gasteiger partial charge in [0.05, 0.1) is 12.2 Å². The van der Waals surface area contributed by atoms with Gasteiger partial charge in [0.15, 0.2) is 0 Å². The summed E-state index contributed by atoms with van der Waals surface area (Å²) in [5, 5.41) is 0. The average Bonchev–Trinajstić information content (AvgIpc) is 2.71. The third-order valence-corrected chi connectivity index (χ3v) is 3.95. The SMILES string of the molecule is CC(C)(C)OC(=O)N1CCC2(CC1)CC(CN)CO2. The van der Waals surface area contributed by atoms with E-state index in [1.54, 1.807) is 4.90 Å². The van der Waals surface area contributed by atoms with E-state index in [-0.39, 0.29) is 11.7 Å². The van der Waals surface area contributed by atoms with Crippen LogP contribution in [-0.2, 0) is 9.47 Å². The summed E-state index contributed by atoms with van der Waals surface area (Å²) in [6.45, 7) is 8.56. The number of ether oxygens (including phenoxy) is 2. The van der Waals surface area contributed by atoms with Crippen LogP contribution in [0.1, 0.15) is 40.0 Å². The van der Waals surface area contributed by atoms with E-state index in [9.17, 15) is 4.79 Å². The van der Waals surface area contributed by atoms with Crippen molar-refractivity contribution in [3.63, 3.8) is 0 Å². The molecule has 0 aromatic carbocycles. The van der Waals surface area contributed by atoms with Crippen molar-refractivity contribution >= 4 is 6.09 Å². The molecule has 2 heterocycles. The largest absolute Gasteiger partial charge is 0.444 e. The minimum atomic E-state index is -0.430. The van der Waals surface area contributed by atoms with Gasteiger partial charge in [0, 0.05) is 13.1 Å². The minimum Gasteiger partial charge on any atom is -0.444 e. The fourth-order valence-corrected chi connectivity index (χ4v) is 2.86. The maximum Gasteiger partial charge on any atom is 0.410 e. The number of nitrogens with zero attached hydrogens (tertiary/aromatic N) is 1. The van der Waals surface area contributed by atoms with Gasteiger partial charge in [-0.25, -0.2) is 4.79 Å². The molecule has 2 fully saturated rings. The van der Waals surface area contributed by atoms with Gasteiger partial charge in [0.25, 0.3) is 0 Å². The lowest BCUT2D eigenvalue weighted by Crippen LogP contribution is -2.48. The van der Waals surface area contributed by atoms with E-state index in [0.29, 0.717) is 25.6 Å². The number of hydrogen-bond donors (Lipinski definition) is 1. The smallest absolute Gasteiger partial charge is 0.410 e. The van der Waals surface area contributed by atoms with Crippen molar-refractivity contribution in [1.82, 2.24) is 4.90 Å². The zero-order valence-corrected chi connectivity index (χ0v) is 12.3. The van der Waals surface area contributed by atoms with E-state index >= 15 is 0 Å². The molecular formula is C14H26N2O3. The van der Waals surface area contributed by atoms with Crippen LogP contribution in [0, 0.1) is 5.92 Å². The van der Waals surface area contributed by atoms with Gasteiger partial charge in [-0.3, -0.25) is 0 Å². The van der Waals surface area contributed by atoms with Crippen molar-refractivity contribution in [2.24, 2.45) is 11.7 Å². The van der Waals surface area contributed by atoms with Crippen LogP contribution in [0.15, 0.2) is 0 Å². The van der Waals surface area contributed by atoms with E-state index in [0.717, 1.165) is 25.9 Å². The molecule has 0 radical (unpaired) electrons. The molecule has 2 aliphatic heterocycles. The Kier molecular flexibility index (Phi) is 4.06. The van der Waals surface area contributed by atoms with Crippen LogP contribution in [0.5, 0.6) is 0 Å². The number of carbonyl (C=O) groups is 1. The number of carbonyl (C=O) groups excluding carboxylic acids is 1. The van der Waals surface area contributed by atoms with Gasteiger partial charge in [-0.05, 0) is 52.5 Å². The van der Waals surface area contributed by atoms with Crippen LogP contribution in [0.25, 0.3) is 0 Å². The number of rotatable bonds is 1. The zero-order chi connectivity index (χ0) is 14.1. The Morgan fingerprint density at radius 1 is 1.42 bits per heavy atom. The maximum atomic E-state index is 12.0. The Morgan fingerprint density at radius 2 is 2.05 bits per heavy atom. The highest BCUT2D eigenvalue weighted by Crippen LogP contribution is 2.38. The lowest BCUT2D eigenvalue weighted by atomic mass is 9.85. The Bertz CT molecular complexity index is 330. The van der Waals surface area contributed by atoms with E-state index in [2.05, 4.69) is 0 Å². The van der Waals surface area contributed by atoms with Crippen molar-refractivity contribution < 1.29 is 14.3 Å². The molecule has 2 aliphatic rings. The van der Waals surface area contributed by atoms with E-state index in [1.807, 2.05) is 20.8 Å². The number of likely N-dealkylation sites (tertiary alicyclic amines) is 1. The lowest BCUT2D eigenvalue weighted by Gasteiger charge is -2.39. The van der Waals surface area contributed by atoms with Crippen LogP contribution in [-0.4, -0.2) is 48.4 Å². The number of amides is 1. The third-order valence-electron chi connectivity index (χ3n) is 3.95. The van der Waals surface area contributed by atoms with Crippen molar-refractivity contribution in [2.75, 3.05) is 26.2 Å². The molecule has 0 aromatic heterocycles. The van der Waals surface area contributed by atoms with Crippen molar-refractivity contribution in [2.45, 2.75) is 51.2 Å². The highest BCUT2D eigenvalue weighted by molar-refractivity contribution is 5.68. The first-order valence-electron chi connectivity index (χ1n) is 7.15. The summed E-state index contributed by atoms with van der Waals surface area (Å²) >= 11 is 0. The molecular weight excluding hydrogens is 244 g/mol. The van der Waals surface area contributed by atoms with Crippen molar-refractivity contribution in [1.29, 1.82) is 0 Å². The first kappa shape index (κ1) is 14.6. The topological polar surface area (TPSA) is 64.8 Å². The monoisotopic (exact) mass is 270 g/mol. The Labute approximate surface area is 115 Å². The second-order valence-corrected chi connectivity index (χ2v) is 6.77. The highest BCUT2D eigenvalue weighted by atomic mass is 16.6. The number of hydrogen-bond acceptors (Lipinski definition) is 4. The third kappa shape index (κ3) is 3.60. The highest BCUT2D eigenvalue weighted by Gasteiger charge is 2.43. The van der Waals surface area contributed by atoms with Crippen LogP contribution in [0.3, 0.4) is 0 Å². The van der Waals surface area contributed by atoms with Gasteiger partial charge >= 0.3 is 6.09 Å². The predicted molar refractivity (Wildman–Crippen MR) is 72.9 cm³/mol. The quantitative estimate of drug-likeness (QED) is 0.788. The summed E-state index contributed by atoms with van der Waals surface area (Å²) in [4.78, 5) is 13.8. The second-order valence-electron chi connectivity index (χ2n) is 6.77. The second kappa shape index (κ2) is 5.29.